The minimum Gasteiger partial charge on any atom is -0.366 e. The average molecular weight is 207 g/mol. The molecule has 0 radical (unpaired) electrons. The first-order valence-corrected chi connectivity index (χ1v) is 5.62. The maximum Gasteiger partial charge on any atom is 0.184 e. The average Bonchev–Trinajstić information content (AvgIpc) is 2.61. The molecule has 0 amide bonds. The number of benzene rings is 1. The molecular weight excluding hydrogens is 186 g/mol. The predicted molar refractivity (Wildman–Crippen MR) is 66.7 cm³/mol. The van der Waals surface area contributed by atoms with Crippen molar-refractivity contribution in [1.29, 1.82) is 0 Å². The van der Waals surface area contributed by atoms with Gasteiger partial charge in [0.15, 0.2) is 5.78 Å². The molecule has 1 aliphatic heterocycles. The Morgan fingerprint density at radius 1 is 1.07 bits per heavy atom. The van der Waals surface area contributed by atoms with Crippen LogP contribution in [0, 0.1) is 0 Å². The lowest BCUT2D eigenvalue weighted by Crippen LogP contribution is -2.15. The van der Waals surface area contributed by atoms with E-state index < -0.39 is 0 Å². The Bertz CT molecular complexity index is 307. The standard InChI is InChI=1S/C9H9NO.2C2H6/c1-10-6-9(11)7-4-2-3-5-8(7)10;2*1-2/h2-5H,6H2,1H3;2*1-2H3. The van der Waals surface area contributed by atoms with E-state index >= 15 is 0 Å². The summed E-state index contributed by atoms with van der Waals surface area (Å²) in [6, 6.07) is 7.70. The van der Waals surface area contributed by atoms with Crippen LogP contribution in [-0.4, -0.2) is 19.4 Å². The molecule has 0 fully saturated rings. The molecule has 0 saturated carbocycles. The highest BCUT2D eigenvalue weighted by molar-refractivity contribution is 6.08. The summed E-state index contributed by atoms with van der Waals surface area (Å²) in [7, 11) is 1.93. The van der Waals surface area contributed by atoms with Crippen LogP contribution in [0.5, 0.6) is 0 Å². The van der Waals surface area contributed by atoms with Crippen LogP contribution in [0.25, 0.3) is 0 Å². The van der Waals surface area contributed by atoms with Gasteiger partial charge in [-0.05, 0) is 12.1 Å². The zero-order chi connectivity index (χ0) is 11.8. The van der Waals surface area contributed by atoms with Crippen molar-refractivity contribution in [2.75, 3.05) is 18.5 Å². The molecule has 0 aliphatic carbocycles. The largest absolute Gasteiger partial charge is 0.366 e. The van der Waals surface area contributed by atoms with Crippen LogP contribution in [0.15, 0.2) is 24.3 Å². The molecule has 2 rings (SSSR count). The van der Waals surface area contributed by atoms with Crippen LogP contribution in [0.4, 0.5) is 5.69 Å². The van der Waals surface area contributed by atoms with Crippen molar-refractivity contribution in [3.8, 4) is 0 Å². The fourth-order valence-electron chi connectivity index (χ4n) is 1.43. The molecule has 0 N–H and O–H groups in total. The van der Waals surface area contributed by atoms with Gasteiger partial charge >= 0.3 is 0 Å². The molecule has 15 heavy (non-hydrogen) atoms. The van der Waals surface area contributed by atoms with Crippen molar-refractivity contribution >= 4 is 11.5 Å². The van der Waals surface area contributed by atoms with Gasteiger partial charge in [0.1, 0.15) is 0 Å². The second kappa shape index (κ2) is 7.04. The number of hydrogen-bond acceptors (Lipinski definition) is 2. The van der Waals surface area contributed by atoms with Gasteiger partial charge in [0.2, 0.25) is 0 Å². The van der Waals surface area contributed by atoms with E-state index in [2.05, 4.69) is 0 Å². The third-order valence-electron chi connectivity index (χ3n) is 2.00. The number of carbonyl (C=O) groups is 1. The van der Waals surface area contributed by atoms with Crippen LogP contribution in [-0.2, 0) is 0 Å². The lowest BCUT2D eigenvalue weighted by molar-refractivity contribution is 0.101. The number of fused-ring (bicyclic) bond motifs is 1. The van der Waals surface area contributed by atoms with E-state index in [0.717, 1.165) is 11.3 Å². The van der Waals surface area contributed by atoms with Crippen molar-refractivity contribution < 1.29 is 4.79 Å². The number of Topliss-reactive ketones (excluding diaryl/α,β-unsaturated/α-hetero) is 1. The van der Waals surface area contributed by atoms with Gasteiger partial charge < -0.3 is 4.90 Å². The number of ketones is 1. The number of hydrogen-bond donors (Lipinski definition) is 0. The molecule has 0 unspecified atom stereocenters. The Balaban J connectivity index is 0.000000442. The summed E-state index contributed by atoms with van der Waals surface area (Å²) in [5.41, 5.74) is 1.91. The van der Waals surface area contributed by atoms with Gasteiger partial charge in [-0.3, -0.25) is 4.79 Å². The second-order valence-electron chi connectivity index (χ2n) is 2.80. The summed E-state index contributed by atoms with van der Waals surface area (Å²) in [5, 5.41) is 0. The zero-order valence-corrected chi connectivity index (χ0v) is 10.4. The van der Waals surface area contributed by atoms with Gasteiger partial charge in [-0.25, -0.2) is 0 Å². The molecule has 1 aliphatic rings. The SMILES string of the molecule is CC.CC.CN1CC(=O)c2ccccc21. The summed E-state index contributed by atoms with van der Waals surface area (Å²) in [6.45, 7) is 8.53. The monoisotopic (exact) mass is 207 g/mol. The number of rotatable bonds is 0. The number of carbonyl (C=O) groups excluding carboxylic acids is 1. The molecule has 1 aromatic rings. The van der Waals surface area contributed by atoms with E-state index in [9.17, 15) is 4.79 Å². The van der Waals surface area contributed by atoms with Gasteiger partial charge in [-0.1, -0.05) is 39.8 Å². The number of anilines is 1. The minimum absolute atomic E-state index is 0.225. The van der Waals surface area contributed by atoms with Crippen LogP contribution < -0.4 is 4.90 Å². The first kappa shape index (κ1) is 13.7. The van der Waals surface area contributed by atoms with Crippen molar-refractivity contribution in [1.82, 2.24) is 0 Å². The minimum atomic E-state index is 0.225. The third-order valence-corrected chi connectivity index (χ3v) is 2.00. The Labute approximate surface area is 92.9 Å². The molecule has 0 atom stereocenters. The summed E-state index contributed by atoms with van der Waals surface area (Å²) in [6.07, 6.45) is 0. The highest BCUT2D eigenvalue weighted by atomic mass is 16.1. The van der Waals surface area contributed by atoms with Crippen molar-refractivity contribution in [2.24, 2.45) is 0 Å². The van der Waals surface area contributed by atoms with Gasteiger partial charge in [0.25, 0.3) is 0 Å². The first-order chi connectivity index (χ1) is 7.29. The normalized spacial score (nSPS) is 12.1. The maximum absolute atomic E-state index is 11.2. The molecule has 2 nitrogen and oxygen atoms in total. The molecule has 84 valence electrons. The van der Waals surface area contributed by atoms with E-state index in [1.165, 1.54) is 0 Å². The van der Waals surface area contributed by atoms with Gasteiger partial charge in [-0.2, -0.15) is 0 Å². The Morgan fingerprint density at radius 3 is 2.13 bits per heavy atom. The fraction of sp³-hybridized carbons (Fsp3) is 0.462. The zero-order valence-electron chi connectivity index (χ0n) is 10.4. The Hall–Kier alpha value is -1.31. The van der Waals surface area contributed by atoms with E-state index in [4.69, 9.17) is 0 Å². The quantitative estimate of drug-likeness (QED) is 0.650. The van der Waals surface area contributed by atoms with Crippen molar-refractivity contribution in [3.63, 3.8) is 0 Å². The van der Waals surface area contributed by atoms with E-state index in [-0.39, 0.29) is 5.78 Å². The van der Waals surface area contributed by atoms with E-state index in [1.807, 2.05) is 63.9 Å². The highest BCUT2D eigenvalue weighted by Gasteiger charge is 2.22. The van der Waals surface area contributed by atoms with Crippen LogP contribution in [0.3, 0.4) is 0 Å². The lowest BCUT2D eigenvalue weighted by atomic mass is 10.1. The summed E-state index contributed by atoms with van der Waals surface area (Å²) < 4.78 is 0. The topological polar surface area (TPSA) is 20.3 Å². The molecule has 0 aromatic heterocycles. The fourth-order valence-corrected chi connectivity index (χ4v) is 1.43. The van der Waals surface area contributed by atoms with Gasteiger partial charge in [0.05, 0.1) is 6.54 Å². The number of nitrogens with zero attached hydrogens (tertiary/aromatic N) is 1. The highest BCUT2D eigenvalue weighted by Crippen LogP contribution is 2.25. The second-order valence-corrected chi connectivity index (χ2v) is 2.80. The number of likely N-dealkylation sites (N-methyl/N-ethyl adjacent to an activating group) is 1. The molecule has 1 aromatic carbocycles. The van der Waals surface area contributed by atoms with E-state index in [1.54, 1.807) is 0 Å². The Kier molecular flexibility index (Phi) is 6.43. The molecular formula is C13H21NO. The molecule has 0 saturated heterocycles. The smallest absolute Gasteiger partial charge is 0.184 e. The number of para-hydroxylation sites is 1. The lowest BCUT2D eigenvalue weighted by Gasteiger charge is -2.08. The predicted octanol–water partition coefficient (Wildman–Crippen LogP) is 3.37. The van der Waals surface area contributed by atoms with Crippen molar-refractivity contribution in [2.45, 2.75) is 27.7 Å². The summed E-state index contributed by atoms with van der Waals surface area (Å²) in [5.74, 6) is 0.225. The maximum atomic E-state index is 11.2. The Morgan fingerprint density at radius 2 is 1.60 bits per heavy atom. The summed E-state index contributed by atoms with van der Waals surface area (Å²) >= 11 is 0. The third kappa shape index (κ3) is 3.08. The van der Waals surface area contributed by atoms with Crippen LogP contribution in [0.2, 0.25) is 0 Å². The molecule has 0 spiro atoms. The molecule has 1 heterocycles. The summed E-state index contributed by atoms with van der Waals surface area (Å²) in [4.78, 5) is 13.2. The van der Waals surface area contributed by atoms with Gasteiger partial charge in [0, 0.05) is 18.3 Å². The van der Waals surface area contributed by atoms with Gasteiger partial charge in [-0.15, -0.1) is 0 Å². The molecule has 0 bridgehead atoms. The van der Waals surface area contributed by atoms with Crippen molar-refractivity contribution in [3.05, 3.63) is 29.8 Å². The van der Waals surface area contributed by atoms with Crippen LogP contribution >= 0.6 is 0 Å². The van der Waals surface area contributed by atoms with E-state index in [0.29, 0.717) is 6.54 Å². The van der Waals surface area contributed by atoms with Crippen LogP contribution in [0.1, 0.15) is 38.1 Å². The first-order valence-electron chi connectivity index (χ1n) is 5.62. The molecule has 2 heteroatoms.